The maximum absolute atomic E-state index is 6.22. The first-order valence-corrected chi connectivity index (χ1v) is 8.78. The lowest BCUT2D eigenvalue weighted by molar-refractivity contribution is 0.355. The molecule has 0 spiro atoms. The van der Waals surface area contributed by atoms with Crippen molar-refractivity contribution in [3.05, 3.63) is 47.0 Å². The number of nitrogens with one attached hydrogen (secondary N) is 1. The van der Waals surface area contributed by atoms with Gasteiger partial charge in [-0.1, -0.05) is 11.6 Å². The average Bonchev–Trinajstić information content (AvgIpc) is 2.99. The van der Waals surface area contributed by atoms with Crippen molar-refractivity contribution in [2.24, 2.45) is 5.73 Å². The molecule has 0 bridgehead atoms. The molecule has 0 radical (unpaired) electrons. The van der Waals surface area contributed by atoms with Gasteiger partial charge in [0, 0.05) is 27.2 Å². The summed E-state index contributed by atoms with van der Waals surface area (Å²) in [4.78, 5) is 3.54. The molecule has 2 aromatic carbocycles. The number of hydrogen-bond donors (Lipinski definition) is 2. The van der Waals surface area contributed by atoms with Crippen LogP contribution in [0.15, 0.2) is 36.4 Å². The van der Waals surface area contributed by atoms with Crippen LogP contribution in [0.5, 0.6) is 11.5 Å². The molecule has 0 aliphatic carbocycles. The number of fused-ring (bicyclic) bond motifs is 1. The summed E-state index contributed by atoms with van der Waals surface area (Å²) in [5.74, 6) is 1.43. The van der Waals surface area contributed by atoms with E-state index in [1.807, 2.05) is 36.4 Å². The number of H-pyrrole nitrogens is 1. The molecule has 0 atom stereocenters. The molecule has 25 heavy (non-hydrogen) atoms. The number of aryl methyl sites for hydroxylation is 1. The quantitative estimate of drug-likeness (QED) is 0.597. The molecule has 3 N–H and O–H groups in total. The molecule has 3 aromatic rings. The normalized spacial score (nSPS) is 11.0. The third-order valence-corrected chi connectivity index (χ3v) is 4.66. The van der Waals surface area contributed by atoms with Crippen LogP contribution in [-0.4, -0.2) is 25.7 Å². The van der Waals surface area contributed by atoms with Crippen LogP contribution in [0, 0.1) is 0 Å². The van der Waals surface area contributed by atoms with Crippen molar-refractivity contribution in [1.29, 1.82) is 0 Å². The highest BCUT2D eigenvalue weighted by atomic mass is 35.5. The van der Waals surface area contributed by atoms with E-state index in [0.717, 1.165) is 52.2 Å². The molecular weight excluding hydrogens is 336 g/mol. The van der Waals surface area contributed by atoms with E-state index >= 15 is 0 Å². The van der Waals surface area contributed by atoms with Crippen LogP contribution < -0.4 is 15.2 Å². The third-order valence-electron chi connectivity index (χ3n) is 4.42. The fourth-order valence-corrected chi connectivity index (χ4v) is 3.34. The highest BCUT2D eigenvalue weighted by Gasteiger charge is 2.15. The Hall–Kier alpha value is -2.17. The van der Waals surface area contributed by atoms with Crippen LogP contribution in [-0.2, 0) is 6.42 Å². The summed E-state index contributed by atoms with van der Waals surface area (Å²) in [5.41, 5.74) is 10.2. The number of methoxy groups -OCH3 is 2. The molecule has 0 saturated heterocycles. The Kier molecular flexibility index (Phi) is 5.51. The number of unbranched alkanes of at least 4 members (excludes halogenated alkanes) is 1. The number of ether oxygens (including phenoxy) is 2. The lowest BCUT2D eigenvalue weighted by atomic mass is 10.00. The van der Waals surface area contributed by atoms with Crippen LogP contribution >= 0.6 is 11.6 Å². The Morgan fingerprint density at radius 2 is 1.80 bits per heavy atom. The monoisotopic (exact) mass is 358 g/mol. The fraction of sp³-hybridized carbons (Fsp3) is 0.300. The van der Waals surface area contributed by atoms with E-state index in [4.69, 9.17) is 26.8 Å². The highest BCUT2D eigenvalue weighted by Crippen LogP contribution is 2.37. The Morgan fingerprint density at radius 1 is 1.00 bits per heavy atom. The summed E-state index contributed by atoms with van der Waals surface area (Å²) in [6, 6.07) is 11.9. The van der Waals surface area contributed by atoms with Crippen LogP contribution in [0.25, 0.3) is 22.2 Å². The van der Waals surface area contributed by atoms with Gasteiger partial charge < -0.3 is 20.2 Å². The summed E-state index contributed by atoms with van der Waals surface area (Å²) < 4.78 is 10.8. The molecule has 5 heteroatoms. The standard InChI is InChI=1S/C20H23ClN2O2/c1-24-18-9-6-13(11-19(18)25-2)20-15(5-3-4-10-22)16-12-14(21)7-8-17(16)23-20/h6-9,11-12,23H,3-5,10,22H2,1-2H3. The predicted molar refractivity (Wildman–Crippen MR) is 104 cm³/mol. The first-order valence-electron chi connectivity index (χ1n) is 8.40. The molecule has 0 aliphatic heterocycles. The first kappa shape index (κ1) is 17.6. The van der Waals surface area contributed by atoms with Gasteiger partial charge >= 0.3 is 0 Å². The first-order chi connectivity index (χ1) is 12.2. The van der Waals surface area contributed by atoms with E-state index in [-0.39, 0.29) is 0 Å². The van der Waals surface area contributed by atoms with Gasteiger partial charge in [0.1, 0.15) is 0 Å². The Bertz CT molecular complexity index is 874. The zero-order valence-corrected chi connectivity index (χ0v) is 15.3. The molecule has 4 nitrogen and oxygen atoms in total. The number of aromatic nitrogens is 1. The molecule has 0 unspecified atom stereocenters. The molecule has 0 fully saturated rings. The molecule has 1 heterocycles. The molecule has 3 rings (SSSR count). The van der Waals surface area contributed by atoms with Gasteiger partial charge in [0.15, 0.2) is 11.5 Å². The minimum absolute atomic E-state index is 0.703. The summed E-state index contributed by atoms with van der Waals surface area (Å²) in [5, 5.41) is 1.90. The van der Waals surface area contributed by atoms with E-state index in [9.17, 15) is 0 Å². The van der Waals surface area contributed by atoms with Crippen LogP contribution in [0.2, 0.25) is 5.02 Å². The van der Waals surface area contributed by atoms with Crippen molar-refractivity contribution in [1.82, 2.24) is 4.98 Å². The molecule has 0 amide bonds. The Balaban J connectivity index is 2.12. The van der Waals surface area contributed by atoms with Gasteiger partial charge in [0.2, 0.25) is 0 Å². The molecule has 132 valence electrons. The average molecular weight is 359 g/mol. The van der Waals surface area contributed by atoms with Gasteiger partial charge in [0.25, 0.3) is 0 Å². The van der Waals surface area contributed by atoms with E-state index in [1.165, 1.54) is 5.56 Å². The maximum Gasteiger partial charge on any atom is 0.161 e. The topological polar surface area (TPSA) is 60.3 Å². The van der Waals surface area contributed by atoms with Crippen molar-refractivity contribution in [2.75, 3.05) is 20.8 Å². The van der Waals surface area contributed by atoms with E-state index in [1.54, 1.807) is 14.2 Å². The summed E-state index contributed by atoms with van der Waals surface area (Å²) >= 11 is 6.22. The van der Waals surface area contributed by atoms with E-state index < -0.39 is 0 Å². The van der Waals surface area contributed by atoms with Gasteiger partial charge in [-0.25, -0.2) is 0 Å². The van der Waals surface area contributed by atoms with Crippen LogP contribution in [0.4, 0.5) is 0 Å². The van der Waals surface area contributed by atoms with Gasteiger partial charge in [-0.15, -0.1) is 0 Å². The van der Waals surface area contributed by atoms with Crippen LogP contribution in [0.3, 0.4) is 0 Å². The number of halogens is 1. The van der Waals surface area contributed by atoms with Crippen molar-refractivity contribution >= 4 is 22.5 Å². The van der Waals surface area contributed by atoms with Crippen molar-refractivity contribution < 1.29 is 9.47 Å². The smallest absolute Gasteiger partial charge is 0.161 e. The van der Waals surface area contributed by atoms with Crippen LogP contribution in [0.1, 0.15) is 18.4 Å². The van der Waals surface area contributed by atoms with Gasteiger partial charge in [-0.2, -0.15) is 0 Å². The zero-order chi connectivity index (χ0) is 17.8. The lowest BCUT2D eigenvalue weighted by Crippen LogP contribution is -1.99. The number of nitrogens with two attached hydrogens (primary N) is 1. The number of benzene rings is 2. The Labute approximate surface area is 152 Å². The second-order valence-corrected chi connectivity index (χ2v) is 6.42. The third kappa shape index (κ3) is 3.60. The van der Waals surface area contributed by atoms with E-state index in [2.05, 4.69) is 4.98 Å². The SMILES string of the molecule is COc1ccc(-c2[nH]c3ccc(Cl)cc3c2CCCCN)cc1OC. The highest BCUT2D eigenvalue weighted by molar-refractivity contribution is 6.31. The van der Waals surface area contributed by atoms with E-state index in [0.29, 0.717) is 12.3 Å². The van der Waals surface area contributed by atoms with Gasteiger partial charge in [-0.3, -0.25) is 0 Å². The largest absolute Gasteiger partial charge is 0.493 e. The summed E-state index contributed by atoms with van der Waals surface area (Å²) in [6.07, 6.45) is 2.98. The Morgan fingerprint density at radius 3 is 2.52 bits per heavy atom. The molecule has 0 aliphatic rings. The second kappa shape index (κ2) is 7.81. The number of hydrogen-bond acceptors (Lipinski definition) is 3. The summed E-state index contributed by atoms with van der Waals surface area (Å²) in [7, 11) is 3.29. The number of rotatable bonds is 7. The van der Waals surface area contributed by atoms with Crippen molar-refractivity contribution in [3.63, 3.8) is 0 Å². The van der Waals surface area contributed by atoms with Gasteiger partial charge in [-0.05, 0) is 67.8 Å². The zero-order valence-electron chi connectivity index (χ0n) is 14.6. The predicted octanol–water partition coefficient (Wildman–Crippen LogP) is 4.79. The molecular formula is C20H23ClN2O2. The minimum Gasteiger partial charge on any atom is -0.493 e. The molecule has 1 aromatic heterocycles. The van der Waals surface area contributed by atoms with Crippen molar-refractivity contribution in [2.45, 2.75) is 19.3 Å². The van der Waals surface area contributed by atoms with Gasteiger partial charge in [0.05, 0.1) is 14.2 Å². The molecule has 0 saturated carbocycles. The minimum atomic E-state index is 0.703. The van der Waals surface area contributed by atoms with Crippen molar-refractivity contribution in [3.8, 4) is 22.8 Å². The maximum atomic E-state index is 6.22. The summed E-state index contributed by atoms with van der Waals surface area (Å²) in [6.45, 7) is 0.703. The second-order valence-electron chi connectivity index (χ2n) is 5.98. The lowest BCUT2D eigenvalue weighted by Gasteiger charge is -2.10. The fourth-order valence-electron chi connectivity index (χ4n) is 3.16. The number of aromatic amines is 1.